The molecule has 0 aromatic rings. The maximum atomic E-state index is 6.30. The van der Waals surface area contributed by atoms with E-state index in [-0.39, 0.29) is 5.79 Å². The van der Waals surface area contributed by atoms with Gasteiger partial charge in [-0.25, -0.2) is 0 Å². The molecule has 0 unspecified atom stereocenters. The highest BCUT2D eigenvalue weighted by atomic mass is 16.7. The Morgan fingerprint density at radius 3 is 2.50 bits per heavy atom. The van der Waals surface area contributed by atoms with Gasteiger partial charge in [-0.05, 0) is 73.0 Å². The first-order chi connectivity index (χ1) is 10.6. The van der Waals surface area contributed by atoms with Crippen molar-refractivity contribution in [3.63, 3.8) is 0 Å². The van der Waals surface area contributed by atoms with E-state index in [4.69, 9.17) is 9.47 Å². The van der Waals surface area contributed by atoms with Crippen LogP contribution >= 0.6 is 0 Å². The van der Waals surface area contributed by atoms with Crippen LogP contribution in [0.15, 0.2) is 0 Å². The molecule has 0 radical (unpaired) electrons. The summed E-state index contributed by atoms with van der Waals surface area (Å²) in [6.45, 7) is 9.23. The van der Waals surface area contributed by atoms with E-state index < -0.39 is 0 Å². The van der Waals surface area contributed by atoms with Gasteiger partial charge in [0.05, 0.1) is 13.2 Å². The smallest absolute Gasteiger partial charge is 0.171 e. The number of hydrogen-bond donors (Lipinski definition) is 0. The molecule has 5 aliphatic rings. The molecule has 2 nitrogen and oxygen atoms in total. The van der Waals surface area contributed by atoms with Crippen LogP contribution in [0.4, 0.5) is 0 Å². The minimum atomic E-state index is -0.181. The van der Waals surface area contributed by atoms with Crippen LogP contribution in [0.25, 0.3) is 0 Å². The lowest BCUT2D eigenvalue weighted by molar-refractivity contribution is -0.219. The SMILES string of the molecule is CC(C)[C@H]1CC[C@@]2(C)[C@@H]1[C@H]1[C@H]3CCCC4(OCCO4)[C@H]1C[C@@H]32. The van der Waals surface area contributed by atoms with Gasteiger partial charge < -0.3 is 9.47 Å². The van der Waals surface area contributed by atoms with E-state index in [1.165, 1.54) is 32.1 Å². The Kier molecular flexibility index (Phi) is 2.92. The van der Waals surface area contributed by atoms with Crippen molar-refractivity contribution < 1.29 is 9.47 Å². The number of hydrogen-bond acceptors (Lipinski definition) is 2. The summed E-state index contributed by atoms with van der Waals surface area (Å²) in [6, 6.07) is 0. The summed E-state index contributed by atoms with van der Waals surface area (Å²) in [5.41, 5.74) is 0.637. The van der Waals surface area contributed by atoms with Gasteiger partial charge in [0.15, 0.2) is 5.79 Å². The van der Waals surface area contributed by atoms with Crippen LogP contribution in [0.5, 0.6) is 0 Å². The summed E-state index contributed by atoms with van der Waals surface area (Å²) in [5, 5.41) is 0. The third-order valence-electron chi connectivity index (χ3n) is 8.74. The molecular weight excluding hydrogens is 272 g/mol. The molecule has 124 valence electrons. The summed E-state index contributed by atoms with van der Waals surface area (Å²) >= 11 is 0. The van der Waals surface area contributed by atoms with Crippen molar-refractivity contribution in [3.8, 4) is 0 Å². The van der Waals surface area contributed by atoms with E-state index in [2.05, 4.69) is 20.8 Å². The lowest BCUT2D eigenvalue weighted by Gasteiger charge is -2.47. The second-order valence-electron chi connectivity index (χ2n) is 9.57. The number of ether oxygens (including phenoxy) is 2. The molecule has 0 amide bonds. The van der Waals surface area contributed by atoms with E-state index in [1.54, 1.807) is 0 Å². The zero-order valence-electron chi connectivity index (χ0n) is 14.5. The van der Waals surface area contributed by atoms with Gasteiger partial charge in [0, 0.05) is 12.3 Å². The zero-order valence-corrected chi connectivity index (χ0v) is 14.5. The fourth-order valence-electron chi connectivity index (χ4n) is 8.13. The summed E-state index contributed by atoms with van der Waals surface area (Å²) in [6.07, 6.45) is 8.28. The van der Waals surface area contributed by atoms with Gasteiger partial charge in [-0.2, -0.15) is 0 Å². The number of fused-ring (bicyclic) bond motifs is 3. The van der Waals surface area contributed by atoms with E-state index >= 15 is 0 Å². The molecule has 22 heavy (non-hydrogen) atoms. The van der Waals surface area contributed by atoms with Gasteiger partial charge >= 0.3 is 0 Å². The Bertz CT molecular complexity index is 466. The topological polar surface area (TPSA) is 18.5 Å². The Balaban J connectivity index is 1.57. The average Bonchev–Trinajstić information content (AvgIpc) is 3.15. The van der Waals surface area contributed by atoms with Crippen LogP contribution in [0.2, 0.25) is 0 Å². The Morgan fingerprint density at radius 1 is 1.00 bits per heavy atom. The Morgan fingerprint density at radius 2 is 1.77 bits per heavy atom. The minimum Gasteiger partial charge on any atom is -0.347 e. The first-order valence-corrected chi connectivity index (χ1v) is 9.85. The van der Waals surface area contributed by atoms with Crippen molar-refractivity contribution in [2.75, 3.05) is 13.2 Å². The van der Waals surface area contributed by atoms with E-state index in [1.807, 2.05) is 0 Å². The predicted octanol–water partition coefficient (Wildman–Crippen LogP) is 4.48. The highest BCUT2D eigenvalue weighted by molar-refractivity contribution is 5.18. The molecule has 1 spiro atoms. The van der Waals surface area contributed by atoms with E-state index in [9.17, 15) is 0 Å². The first kappa shape index (κ1) is 14.3. The largest absolute Gasteiger partial charge is 0.347 e. The van der Waals surface area contributed by atoms with Gasteiger partial charge in [-0.1, -0.05) is 20.8 Å². The van der Waals surface area contributed by atoms with Crippen LogP contribution in [-0.4, -0.2) is 19.0 Å². The van der Waals surface area contributed by atoms with Crippen molar-refractivity contribution in [2.45, 2.75) is 65.1 Å². The van der Waals surface area contributed by atoms with Crippen LogP contribution in [-0.2, 0) is 9.47 Å². The third kappa shape index (κ3) is 1.55. The van der Waals surface area contributed by atoms with E-state index in [0.717, 1.165) is 55.1 Å². The van der Waals surface area contributed by atoms with Crippen molar-refractivity contribution >= 4 is 0 Å². The molecule has 1 heterocycles. The number of rotatable bonds is 1. The molecule has 0 N–H and O–H groups in total. The predicted molar refractivity (Wildman–Crippen MR) is 86.2 cm³/mol. The average molecular weight is 304 g/mol. The molecule has 4 saturated carbocycles. The van der Waals surface area contributed by atoms with Gasteiger partial charge in [-0.3, -0.25) is 0 Å². The summed E-state index contributed by atoms with van der Waals surface area (Å²) in [5.74, 6) is 6.09. The fourth-order valence-corrected chi connectivity index (χ4v) is 8.13. The molecule has 0 aromatic carbocycles. The van der Waals surface area contributed by atoms with Crippen molar-refractivity contribution in [1.29, 1.82) is 0 Å². The second kappa shape index (κ2) is 4.51. The summed E-state index contributed by atoms with van der Waals surface area (Å²) < 4.78 is 12.6. The molecule has 5 rings (SSSR count). The minimum absolute atomic E-state index is 0.181. The normalized spacial score (nSPS) is 55.1. The van der Waals surface area contributed by atoms with Crippen molar-refractivity contribution in [3.05, 3.63) is 0 Å². The van der Waals surface area contributed by atoms with Gasteiger partial charge in [-0.15, -0.1) is 0 Å². The quantitative estimate of drug-likeness (QED) is 0.711. The molecule has 2 heteroatoms. The molecule has 1 aliphatic heterocycles. The molecule has 5 fully saturated rings. The molecule has 4 aliphatic carbocycles. The highest BCUT2D eigenvalue weighted by Gasteiger charge is 2.72. The Hall–Kier alpha value is -0.0800. The molecule has 0 aromatic heterocycles. The summed E-state index contributed by atoms with van der Waals surface area (Å²) in [7, 11) is 0. The first-order valence-electron chi connectivity index (χ1n) is 9.85. The van der Waals surface area contributed by atoms with Gasteiger partial charge in [0.25, 0.3) is 0 Å². The molecule has 4 bridgehead atoms. The van der Waals surface area contributed by atoms with E-state index in [0.29, 0.717) is 11.3 Å². The maximum absolute atomic E-state index is 6.30. The molecular formula is C20H32O2. The molecule has 1 saturated heterocycles. The van der Waals surface area contributed by atoms with Crippen LogP contribution in [0, 0.1) is 46.8 Å². The zero-order chi connectivity index (χ0) is 15.1. The second-order valence-corrected chi connectivity index (χ2v) is 9.57. The summed E-state index contributed by atoms with van der Waals surface area (Å²) in [4.78, 5) is 0. The maximum Gasteiger partial charge on any atom is 0.171 e. The van der Waals surface area contributed by atoms with Gasteiger partial charge in [0.1, 0.15) is 0 Å². The van der Waals surface area contributed by atoms with Crippen LogP contribution in [0.3, 0.4) is 0 Å². The standard InChI is InChI=1S/C20H32O2/c1-12(2)13-6-8-19(3)15-11-16-17(18(13)19)14(15)5-4-7-20(16)21-9-10-22-20/h12-18H,4-11H2,1-3H3/t13-,14+,15+,16+,17+,18+,19-/m1/s1. The lowest BCUT2D eigenvalue weighted by atomic mass is 9.61. The van der Waals surface area contributed by atoms with Crippen molar-refractivity contribution in [1.82, 2.24) is 0 Å². The Labute approximate surface area is 135 Å². The van der Waals surface area contributed by atoms with Crippen LogP contribution < -0.4 is 0 Å². The lowest BCUT2D eigenvalue weighted by Crippen LogP contribution is -2.47. The van der Waals surface area contributed by atoms with Crippen LogP contribution in [0.1, 0.15) is 59.3 Å². The monoisotopic (exact) mass is 304 g/mol. The molecule has 7 atom stereocenters. The fraction of sp³-hybridized carbons (Fsp3) is 1.00. The third-order valence-corrected chi connectivity index (χ3v) is 8.74. The van der Waals surface area contributed by atoms with Crippen molar-refractivity contribution in [2.24, 2.45) is 46.8 Å². The highest BCUT2D eigenvalue weighted by Crippen LogP contribution is 2.75. The van der Waals surface area contributed by atoms with Gasteiger partial charge in [0.2, 0.25) is 0 Å².